The second-order valence-corrected chi connectivity index (χ2v) is 6.60. The number of nitrogens with zero attached hydrogens (tertiary/aromatic N) is 2. The molecule has 1 aromatic heterocycles. The van der Waals surface area contributed by atoms with Crippen molar-refractivity contribution in [1.82, 2.24) is 10.2 Å². The number of hydrogen-bond donors (Lipinski definition) is 3. The molecule has 1 aromatic carbocycles. The molecule has 0 unspecified atom stereocenters. The molecule has 0 saturated carbocycles. The number of aryl methyl sites for hydroxylation is 2. The Bertz CT molecular complexity index is 1000. The van der Waals surface area contributed by atoms with Crippen LogP contribution in [0.4, 0.5) is 5.69 Å². The molecule has 0 radical (unpaired) electrons. The predicted octanol–water partition coefficient (Wildman–Crippen LogP) is 2.11. The molecular weight excluding hydrogens is 374 g/mol. The highest BCUT2D eigenvalue weighted by Gasteiger charge is 2.59. The summed E-state index contributed by atoms with van der Waals surface area (Å²) >= 11 is 3.57. The second kappa shape index (κ2) is 4.61. The Labute approximate surface area is 145 Å². The summed E-state index contributed by atoms with van der Waals surface area (Å²) in [6, 6.07) is 5.78. The molecule has 24 heavy (non-hydrogen) atoms. The van der Waals surface area contributed by atoms with Crippen LogP contribution in [0.2, 0.25) is 0 Å². The highest BCUT2D eigenvalue weighted by atomic mass is 79.9. The number of amides is 1. The zero-order valence-electron chi connectivity index (χ0n) is 12.8. The van der Waals surface area contributed by atoms with Crippen LogP contribution in [-0.2, 0) is 10.2 Å². The number of halogens is 1. The van der Waals surface area contributed by atoms with Crippen LogP contribution >= 0.6 is 15.9 Å². The van der Waals surface area contributed by atoms with Gasteiger partial charge in [0, 0.05) is 21.4 Å². The van der Waals surface area contributed by atoms with Gasteiger partial charge in [0.2, 0.25) is 17.7 Å². The number of nitrogens with two attached hydrogens (primary N) is 1. The number of nitrogens with one attached hydrogen (secondary N) is 2. The molecule has 0 bridgehead atoms. The summed E-state index contributed by atoms with van der Waals surface area (Å²) in [5.41, 5.74) is 8.01. The van der Waals surface area contributed by atoms with E-state index in [-0.39, 0.29) is 23.2 Å². The highest BCUT2D eigenvalue weighted by molar-refractivity contribution is 9.10. The number of fused-ring (bicyclic) bond motifs is 4. The number of benzene rings is 1. The van der Waals surface area contributed by atoms with E-state index in [2.05, 4.69) is 37.5 Å². The fourth-order valence-electron chi connectivity index (χ4n) is 3.48. The first-order valence-corrected chi connectivity index (χ1v) is 7.96. The van der Waals surface area contributed by atoms with Gasteiger partial charge in [-0.3, -0.25) is 9.89 Å². The minimum Gasteiger partial charge on any atom is -0.420 e. The molecule has 4 N–H and O–H groups in total. The minimum atomic E-state index is -1.39. The van der Waals surface area contributed by atoms with Gasteiger partial charge >= 0.3 is 0 Å². The monoisotopic (exact) mass is 385 g/mol. The van der Waals surface area contributed by atoms with Crippen molar-refractivity contribution in [2.75, 3.05) is 5.32 Å². The highest BCUT2D eigenvalue weighted by Crippen LogP contribution is 2.56. The van der Waals surface area contributed by atoms with E-state index in [9.17, 15) is 10.1 Å². The van der Waals surface area contributed by atoms with Crippen LogP contribution < -0.4 is 15.8 Å². The van der Waals surface area contributed by atoms with E-state index in [0.29, 0.717) is 22.5 Å². The lowest BCUT2D eigenvalue weighted by molar-refractivity contribution is -0.118. The lowest BCUT2D eigenvalue weighted by Gasteiger charge is -2.32. The summed E-state index contributed by atoms with van der Waals surface area (Å²) in [4.78, 5) is 13.1. The third-order valence-electron chi connectivity index (χ3n) is 4.53. The van der Waals surface area contributed by atoms with E-state index < -0.39 is 5.41 Å². The summed E-state index contributed by atoms with van der Waals surface area (Å²) in [7, 11) is 0. The van der Waals surface area contributed by atoms with Gasteiger partial charge in [0.05, 0.1) is 5.56 Å². The first-order valence-electron chi connectivity index (χ1n) is 7.17. The molecule has 1 amide bonds. The summed E-state index contributed by atoms with van der Waals surface area (Å²) in [5, 5.41) is 19.5. The van der Waals surface area contributed by atoms with Crippen molar-refractivity contribution in [1.29, 1.82) is 5.26 Å². The van der Waals surface area contributed by atoms with Gasteiger partial charge in [-0.05, 0) is 25.5 Å². The van der Waals surface area contributed by atoms with Crippen molar-refractivity contribution in [3.8, 4) is 11.9 Å². The molecule has 120 valence electrons. The third kappa shape index (κ3) is 1.50. The minimum absolute atomic E-state index is 0.0575. The molecule has 3 heterocycles. The molecular formula is C16H12BrN5O2. The van der Waals surface area contributed by atoms with E-state index in [1.165, 1.54) is 0 Å². The summed E-state index contributed by atoms with van der Waals surface area (Å²) < 4.78 is 6.22. The fourth-order valence-corrected chi connectivity index (χ4v) is 4.13. The van der Waals surface area contributed by atoms with Crippen LogP contribution in [-0.4, -0.2) is 16.1 Å². The number of carbonyl (C=O) groups is 1. The zero-order valence-corrected chi connectivity index (χ0v) is 14.4. The Morgan fingerprint density at radius 3 is 2.83 bits per heavy atom. The molecule has 8 heteroatoms. The second-order valence-electron chi connectivity index (χ2n) is 5.81. The van der Waals surface area contributed by atoms with Gasteiger partial charge in [0.1, 0.15) is 17.1 Å². The molecule has 1 atom stereocenters. The smallest absolute Gasteiger partial charge is 0.245 e. The summed E-state index contributed by atoms with van der Waals surface area (Å²) in [6.07, 6.45) is 0. The number of rotatable bonds is 0. The molecule has 0 saturated heterocycles. The van der Waals surface area contributed by atoms with E-state index in [0.717, 1.165) is 10.0 Å². The maximum absolute atomic E-state index is 13.1. The summed E-state index contributed by atoms with van der Waals surface area (Å²) in [5.74, 6) is -0.259. The molecule has 7 nitrogen and oxygen atoms in total. The number of H-pyrrole nitrogens is 1. The van der Waals surface area contributed by atoms with Gasteiger partial charge in [-0.15, -0.1) is 5.10 Å². The SMILES string of the molecule is Cc1ccc2c(c1Br)[C@@]1(C(=O)N2)C(C#N)=C(N)Oc2n[nH]c(C)c21. The van der Waals surface area contributed by atoms with Gasteiger partial charge < -0.3 is 15.8 Å². The Balaban J connectivity index is 2.23. The van der Waals surface area contributed by atoms with Gasteiger partial charge in [0.25, 0.3) is 0 Å². The van der Waals surface area contributed by atoms with Crippen LogP contribution in [0.3, 0.4) is 0 Å². The quantitative estimate of drug-likeness (QED) is 0.641. The maximum Gasteiger partial charge on any atom is 0.245 e. The number of ether oxygens (including phenoxy) is 1. The van der Waals surface area contributed by atoms with Crippen molar-refractivity contribution in [3.05, 3.63) is 50.4 Å². The van der Waals surface area contributed by atoms with Gasteiger partial charge in [0.15, 0.2) is 0 Å². The average Bonchev–Trinajstić information content (AvgIpc) is 3.03. The van der Waals surface area contributed by atoms with E-state index in [1.807, 2.05) is 19.1 Å². The topological polar surface area (TPSA) is 117 Å². The van der Waals surface area contributed by atoms with Crippen molar-refractivity contribution in [2.24, 2.45) is 5.73 Å². The van der Waals surface area contributed by atoms with Crippen molar-refractivity contribution in [2.45, 2.75) is 19.3 Å². The lowest BCUT2D eigenvalue weighted by atomic mass is 9.69. The van der Waals surface area contributed by atoms with E-state index in [4.69, 9.17) is 10.5 Å². The van der Waals surface area contributed by atoms with Crippen molar-refractivity contribution < 1.29 is 9.53 Å². The molecule has 0 fully saturated rings. The van der Waals surface area contributed by atoms with Crippen LogP contribution in [0.1, 0.15) is 22.4 Å². The third-order valence-corrected chi connectivity index (χ3v) is 5.55. The lowest BCUT2D eigenvalue weighted by Crippen LogP contribution is -2.42. The van der Waals surface area contributed by atoms with Crippen molar-refractivity contribution >= 4 is 27.5 Å². The Morgan fingerprint density at radius 2 is 2.12 bits per heavy atom. The number of aromatic amines is 1. The van der Waals surface area contributed by atoms with Crippen molar-refractivity contribution in [3.63, 3.8) is 0 Å². The molecule has 0 aliphatic carbocycles. The average molecular weight is 386 g/mol. The maximum atomic E-state index is 13.1. The number of nitriles is 1. The molecule has 4 rings (SSSR count). The standard InChI is InChI=1S/C16H12BrN5O2/c1-6-3-4-9-11(12(6)17)16(15(23)20-9)8(5-18)13(19)24-14-10(16)7(2)21-22-14/h3-4H,19H2,1-2H3,(H,20,23)(H,21,22)/t16-/m1/s1. The van der Waals surface area contributed by atoms with E-state index >= 15 is 0 Å². The molecule has 2 aromatic rings. The van der Waals surface area contributed by atoms with E-state index in [1.54, 1.807) is 6.92 Å². The number of hydrogen-bond acceptors (Lipinski definition) is 5. The molecule has 2 aliphatic heterocycles. The summed E-state index contributed by atoms with van der Waals surface area (Å²) in [6.45, 7) is 3.70. The normalized spacial score (nSPS) is 21.2. The number of anilines is 1. The zero-order chi connectivity index (χ0) is 17.2. The first-order chi connectivity index (χ1) is 11.4. The van der Waals surface area contributed by atoms with Crippen LogP contribution in [0, 0.1) is 25.2 Å². The number of carbonyl (C=O) groups excluding carboxylic acids is 1. The van der Waals surface area contributed by atoms with Gasteiger partial charge in [-0.25, -0.2) is 0 Å². The Morgan fingerprint density at radius 1 is 1.38 bits per heavy atom. The first kappa shape index (κ1) is 14.8. The largest absolute Gasteiger partial charge is 0.420 e. The Kier molecular flexibility index (Phi) is 2.84. The molecule has 2 aliphatic rings. The Hall–Kier alpha value is -2.79. The fraction of sp³-hybridized carbons (Fsp3) is 0.188. The molecule has 1 spiro atoms. The van der Waals surface area contributed by atoms with Crippen LogP contribution in [0.25, 0.3) is 0 Å². The predicted molar refractivity (Wildman–Crippen MR) is 89.1 cm³/mol. The van der Waals surface area contributed by atoms with Crippen LogP contribution in [0.15, 0.2) is 28.1 Å². The number of aromatic nitrogens is 2. The van der Waals surface area contributed by atoms with Gasteiger partial charge in [-0.2, -0.15) is 5.26 Å². The van der Waals surface area contributed by atoms with Crippen LogP contribution in [0.5, 0.6) is 5.88 Å². The van der Waals surface area contributed by atoms with Gasteiger partial charge in [-0.1, -0.05) is 22.0 Å².